The Morgan fingerprint density at radius 1 is 1.35 bits per heavy atom. The number of fused-ring (bicyclic) bond motifs is 1. The summed E-state index contributed by atoms with van der Waals surface area (Å²) < 4.78 is 1.51. The molecule has 0 radical (unpaired) electrons. The van der Waals surface area contributed by atoms with Gasteiger partial charge in [-0.3, -0.25) is 14.2 Å². The molecule has 2 aromatic heterocycles. The van der Waals surface area contributed by atoms with Crippen LogP contribution >= 0.6 is 0 Å². The molecule has 0 spiro atoms. The summed E-state index contributed by atoms with van der Waals surface area (Å²) in [6.07, 6.45) is 7.27. The lowest BCUT2D eigenvalue weighted by molar-refractivity contribution is 0.0918. The standard InChI is InChI=1S/C20H27N3O3/c1-3-4-12-23-18-15(6-5-11-21-18)17(24)16(20(23)26)19(25)22-14-9-7-13(2)8-10-14/h5-6,11,13-14,24H,3-4,7-10,12H2,1-2H3,(H,22,25). The Kier molecular flexibility index (Phi) is 5.59. The number of carbonyl (C=O) groups is 1. The average molecular weight is 357 g/mol. The second-order valence-electron chi connectivity index (χ2n) is 7.34. The molecule has 6 nitrogen and oxygen atoms in total. The van der Waals surface area contributed by atoms with Crippen molar-refractivity contribution in [3.05, 3.63) is 34.2 Å². The van der Waals surface area contributed by atoms with Crippen molar-refractivity contribution < 1.29 is 9.90 Å². The molecule has 1 aliphatic carbocycles. The molecule has 140 valence electrons. The van der Waals surface area contributed by atoms with Crippen LogP contribution in [-0.4, -0.2) is 26.6 Å². The van der Waals surface area contributed by atoms with Crippen LogP contribution in [0.2, 0.25) is 0 Å². The predicted molar refractivity (Wildman–Crippen MR) is 101 cm³/mol. The van der Waals surface area contributed by atoms with Gasteiger partial charge in [0, 0.05) is 18.8 Å². The molecule has 0 saturated heterocycles. The van der Waals surface area contributed by atoms with Crippen molar-refractivity contribution in [1.29, 1.82) is 0 Å². The fourth-order valence-electron chi connectivity index (χ4n) is 3.65. The number of amides is 1. The van der Waals surface area contributed by atoms with E-state index in [0.717, 1.165) is 38.5 Å². The number of aryl methyl sites for hydroxylation is 1. The van der Waals surface area contributed by atoms with Gasteiger partial charge in [0.2, 0.25) is 0 Å². The Balaban J connectivity index is 1.99. The van der Waals surface area contributed by atoms with E-state index in [2.05, 4.69) is 17.2 Å². The van der Waals surface area contributed by atoms with E-state index >= 15 is 0 Å². The van der Waals surface area contributed by atoms with Gasteiger partial charge in [-0.25, -0.2) is 4.98 Å². The first-order valence-electron chi connectivity index (χ1n) is 9.54. The maximum atomic E-state index is 12.9. The molecule has 2 N–H and O–H groups in total. The van der Waals surface area contributed by atoms with Crippen LogP contribution in [0.25, 0.3) is 11.0 Å². The minimum absolute atomic E-state index is 0.0613. The lowest BCUT2D eigenvalue weighted by Gasteiger charge is -2.27. The maximum Gasteiger partial charge on any atom is 0.268 e. The Bertz CT molecular complexity index is 851. The van der Waals surface area contributed by atoms with Crippen LogP contribution in [0.3, 0.4) is 0 Å². The van der Waals surface area contributed by atoms with E-state index < -0.39 is 11.5 Å². The van der Waals surface area contributed by atoms with Crippen LogP contribution in [0, 0.1) is 5.92 Å². The summed E-state index contributed by atoms with van der Waals surface area (Å²) >= 11 is 0. The molecule has 0 atom stereocenters. The zero-order chi connectivity index (χ0) is 18.7. The molecule has 0 unspecified atom stereocenters. The third kappa shape index (κ3) is 3.59. The van der Waals surface area contributed by atoms with Crippen molar-refractivity contribution in [3.63, 3.8) is 0 Å². The van der Waals surface area contributed by atoms with Crippen molar-refractivity contribution in [3.8, 4) is 5.75 Å². The lowest BCUT2D eigenvalue weighted by atomic mass is 9.87. The topological polar surface area (TPSA) is 84.2 Å². The van der Waals surface area contributed by atoms with E-state index in [-0.39, 0.29) is 17.4 Å². The normalized spacial score (nSPS) is 20.2. The van der Waals surface area contributed by atoms with E-state index in [1.807, 2.05) is 6.92 Å². The van der Waals surface area contributed by atoms with Gasteiger partial charge < -0.3 is 10.4 Å². The van der Waals surface area contributed by atoms with E-state index in [1.165, 1.54) is 4.57 Å². The third-order valence-electron chi connectivity index (χ3n) is 5.31. The number of unbranched alkanes of at least 4 members (excludes halogenated alkanes) is 1. The maximum absolute atomic E-state index is 12.9. The molecule has 26 heavy (non-hydrogen) atoms. The van der Waals surface area contributed by atoms with Gasteiger partial charge in [-0.15, -0.1) is 0 Å². The molecule has 1 aliphatic rings. The van der Waals surface area contributed by atoms with Crippen LogP contribution < -0.4 is 10.9 Å². The molecular weight excluding hydrogens is 330 g/mol. The van der Waals surface area contributed by atoms with Gasteiger partial charge in [0.1, 0.15) is 17.0 Å². The summed E-state index contributed by atoms with van der Waals surface area (Å²) in [5, 5.41) is 14.0. The smallest absolute Gasteiger partial charge is 0.268 e. The molecule has 0 bridgehead atoms. The minimum Gasteiger partial charge on any atom is -0.506 e. The summed E-state index contributed by atoms with van der Waals surface area (Å²) in [4.78, 5) is 30.0. The largest absolute Gasteiger partial charge is 0.506 e. The van der Waals surface area contributed by atoms with Crippen molar-refractivity contribution >= 4 is 16.9 Å². The number of nitrogens with zero attached hydrogens (tertiary/aromatic N) is 2. The van der Waals surface area contributed by atoms with E-state index in [4.69, 9.17) is 0 Å². The van der Waals surface area contributed by atoms with Crippen molar-refractivity contribution in [2.45, 2.75) is 65.0 Å². The van der Waals surface area contributed by atoms with Crippen molar-refractivity contribution in [1.82, 2.24) is 14.9 Å². The Labute approximate surface area is 153 Å². The first-order chi connectivity index (χ1) is 12.5. The Hall–Kier alpha value is -2.37. The molecule has 6 heteroatoms. The monoisotopic (exact) mass is 357 g/mol. The molecule has 1 amide bonds. The van der Waals surface area contributed by atoms with Gasteiger partial charge in [-0.05, 0) is 50.2 Å². The highest BCUT2D eigenvalue weighted by Gasteiger charge is 2.26. The van der Waals surface area contributed by atoms with Gasteiger partial charge in [0.15, 0.2) is 0 Å². The lowest BCUT2D eigenvalue weighted by Crippen LogP contribution is -2.40. The summed E-state index contributed by atoms with van der Waals surface area (Å²) in [5.74, 6) is -0.0786. The molecule has 2 aromatic rings. The second-order valence-corrected chi connectivity index (χ2v) is 7.34. The summed E-state index contributed by atoms with van der Waals surface area (Å²) in [5.41, 5.74) is -0.212. The third-order valence-corrected chi connectivity index (χ3v) is 5.31. The van der Waals surface area contributed by atoms with E-state index in [1.54, 1.807) is 18.3 Å². The quantitative estimate of drug-likeness (QED) is 0.860. The first-order valence-corrected chi connectivity index (χ1v) is 9.54. The van der Waals surface area contributed by atoms with Crippen LogP contribution in [-0.2, 0) is 6.54 Å². The van der Waals surface area contributed by atoms with Crippen molar-refractivity contribution in [2.24, 2.45) is 5.92 Å². The van der Waals surface area contributed by atoms with Gasteiger partial charge in [-0.2, -0.15) is 0 Å². The van der Waals surface area contributed by atoms with Gasteiger partial charge in [0.25, 0.3) is 11.5 Å². The first kappa shape index (κ1) is 18.4. The van der Waals surface area contributed by atoms with E-state index in [0.29, 0.717) is 23.5 Å². The van der Waals surface area contributed by atoms with Crippen LogP contribution in [0.5, 0.6) is 5.75 Å². The predicted octanol–water partition coefficient (Wildman–Crippen LogP) is 3.21. The van der Waals surface area contributed by atoms with Gasteiger partial charge >= 0.3 is 0 Å². The number of rotatable bonds is 5. The summed E-state index contributed by atoms with van der Waals surface area (Å²) in [7, 11) is 0. The zero-order valence-electron chi connectivity index (χ0n) is 15.5. The summed E-state index contributed by atoms with van der Waals surface area (Å²) in [6.45, 7) is 4.73. The highest BCUT2D eigenvalue weighted by atomic mass is 16.3. The van der Waals surface area contributed by atoms with Crippen LogP contribution in [0.1, 0.15) is 62.7 Å². The molecule has 1 fully saturated rings. The molecular formula is C20H27N3O3. The number of nitrogens with one attached hydrogen (secondary N) is 1. The molecule has 0 aliphatic heterocycles. The van der Waals surface area contributed by atoms with E-state index in [9.17, 15) is 14.7 Å². The molecule has 1 saturated carbocycles. The van der Waals surface area contributed by atoms with Gasteiger partial charge in [-0.1, -0.05) is 20.3 Å². The number of pyridine rings is 2. The highest BCUT2D eigenvalue weighted by molar-refractivity contribution is 6.01. The molecule has 3 rings (SSSR count). The summed E-state index contributed by atoms with van der Waals surface area (Å²) in [6, 6.07) is 3.45. The molecule has 2 heterocycles. The Morgan fingerprint density at radius 2 is 2.08 bits per heavy atom. The second kappa shape index (κ2) is 7.89. The Morgan fingerprint density at radius 3 is 2.77 bits per heavy atom. The van der Waals surface area contributed by atoms with Gasteiger partial charge in [0.05, 0.1) is 5.39 Å². The molecule has 0 aromatic carbocycles. The number of hydrogen-bond acceptors (Lipinski definition) is 4. The average Bonchev–Trinajstić information content (AvgIpc) is 2.64. The van der Waals surface area contributed by atoms with Crippen LogP contribution in [0.4, 0.5) is 0 Å². The fraction of sp³-hybridized carbons (Fsp3) is 0.550. The van der Waals surface area contributed by atoms with Crippen molar-refractivity contribution in [2.75, 3.05) is 0 Å². The SMILES string of the molecule is CCCCn1c(=O)c(C(=O)NC2CCC(C)CC2)c(O)c2cccnc21. The zero-order valence-corrected chi connectivity index (χ0v) is 15.5. The van der Waals surface area contributed by atoms with Crippen LogP contribution in [0.15, 0.2) is 23.1 Å². The number of aromatic hydroxyl groups is 1. The number of hydrogen-bond donors (Lipinski definition) is 2. The fourth-order valence-corrected chi connectivity index (χ4v) is 3.65. The highest BCUT2D eigenvalue weighted by Crippen LogP contribution is 2.27. The number of aromatic nitrogens is 2. The number of carbonyl (C=O) groups excluding carboxylic acids is 1. The minimum atomic E-state index is -0.483.